The second-order valence-corrected chi connectivity index (χ2v) is 10.3. The molecular formula is C27H23ClN2O7S. The van der Waals surface area contributed by atoms with E-state index in [-0.39, 0.29) is 26.9 Å². The summed E-state index contributed by atoms with van der Waals surface area (Å²) in [5.41, 5.74) is 0.698. The number of carbonyl (C=O) groups excluding carboxylic acids is 3. The molecule has 0 spiro atoms. The van der Waals surface area contributed by atoms with Crippen molar-refractivity contribution in [2.45, 2.75) is 25.2 Å². The number of aryl methyl sites for hydroxylation is 1. The Bertz CT molecular complexity index is 1530. The number of carbonyl (C=O) groups is 3. The third-order valence-electron chi connectivity index (χ3n) is 5.45. The summed E-state index contributed by atoms with van der Waals surface area (Å²) >= 11 is 6.12. The molecule has 0 aliphatic carbocycles. The number of rotatable bonds is 8. The highest BCUT2D eigenvalue weighted by molar-refractivity contribution is 7.87. The second-order valence-electron chi connectivity index (χ2n) is 8.33. The number of urea groups is 1. The quantitative estimate of drug-likeness (QED) is 0.240. The van der Waals surface area contributed by atoms with Gasteiger partial charge in [-0.15, -0.1) is 0 Å². The van der Waals surface area contributed by atoms with Crippen LogP contribution < -0.4 is 19.1 Å². The van der Waals surface area contributed by atoms with Gasteiger partial charge in [0.15, 0.2) is 0 Å². The number of nitrogens with one attached hydrogen (secondary N) is 1. The van der Waals surface area contributed by atoms with Gasteiger partial charge in [-0.25, -0.2) is 9.69 Å². The zero-order chi connectivity index (χ0) is 27.4. The predicted molar refractivity (Wildman–Crippen MR) is 142 cm³/mol. The molecule has 3 aromatic carbocycles. The highest BCUT2D eigenvalue weighted by atomic mass is 35.5. The molecule has 1 heterocycles. The number of hydrogen-bond acceptors (Lipinski definition) is 7. The van der Waals surface area contributed by atoms with E-state index in [4.69, 9.17) is 20.5 Å². The van der Waals surface area contributed by atoms with E-state index in [1.807, 2.05) is 13.8 Å². The fourth-order valence-electron chi connectivity index (χ4n) is 3.54. The summed E-state index contributed by atoms with van der Waals surface area (Å²) in [5, 5.41) is 2.33. The first-order chi connectivity index (χ1) is 18.1. The zero-order valence-electron chi connectivity index (χ0n) is 20.4. The van der Waals surface area contributed by atoms with E-state index in [1.54, 1.807) is 24.3 Å². The van der Waals surface area contributed by atoms with Crippen LogP contribution in [0.4, 0.5) is 10.5 Å². The Morgan fingerprint density at radius 2 is 1.66 bits per heavy atom. The monoisotopic (exact) mass is 554 g/mol. The van der Waals surface area contributed by atoms with E-state index in [1.165, 1.54) is 42.5 Å². The van der Waals surface area contributed by atoms with Gasteiger partial charge in [0.1, 0.15) is 22.0 Å². The van der Waals surface area contributed by atoms with Crippen LogP contribution in [0.5, 0.6) is 11.5 Å². The molecular weight excluding hydrogens is 532 g/mol. The molecule has 1 saturated heterocycles. The lowest BCUT2D eigenvalue weighted by Gasteiger charge is -2.26. The normalized spacial score (nSPS) is 15.0. The summed E-state index contributed by atoms with van der Waals surface area (Å²) < 4.78 is 36.6. The lowest BCUT2D eigenvalue weighted by Crippen LogP contribution is -2.54. The molecule has 4 rings (SSSR count). The van der Waals surface area contributed by atoms with Gasteiger partial charge in [-0.05, 0) is 74.0 Å². The summed E-state index contributed by atoms with van der Waals surface area (Å²) in [6, 6.07) is 15.4. The minimum Gasteiger partial charge on any atom is -0.494 e. The van der Waals surface area contributed by atoms with Gasteiger partial charge < -0.3 is 8.92 Å². The minimum atomic E-state index is -4.24. The molecule has 0 radical (unpaired) electrons. The molecule has 0 aromatic heterocycles. The molecule has 0 bridgehead atoms. The molecule has 11 heteroatoms. The molecule has 9 nitrogen and oxygen atoms in total. The maximum Gasteiger partial charge on any atom is 0.339 e. The van der Waals surface area contributed by atoms with Crippen molar-refractivity contribution in [1.29, 1.82) is 0 Å². The van der Waals surface area contributed by atoms with Crippen molar-refractivity contribution in [3.05, 3.63) is 88.5 Å². The van der Waals surface area contributed by atoms with E-state index < -0.39 is 33.5 Å². The van der Waals surface area contributed by atoms with Crippen LogP contribution in [0.2, 0.25) is 5.02 Å². The number of amides is 4. The van der Waals surface area contributed by atoms with Gasteiger partial charge in [-0.1, -0.05) is 36.2 Å². The molecule has 0 saturated carbocycles. The van der Waals surface area contributed by atoms with E-state index in [2.05, 4.69) is 5.32 Å². The molecule has 1 aliphatic heterocycles. The van der Waals surface area contributed by atoms with E-state index in [9.17, 15) is 22.8 Å². The average Bonchev–Trinajstić information content (AvgIpc) is 2.87. The predicted octanol–water partition coefficient (Wildman–Crippen LogP) is 4.87. The Morgan fingerprint density at radius 3 is 2.32 bits per heavy atom. The third kappa shape index (κ3) is 5.87. The molecule has 38 heavy (non-hydrogen) atoms. The summed E-state index contributed by atoms with van der Waals surface area (Å²) in [7, 11) is -4.24. The van der Waals surface area contributed by atoms with E-state index >= 15 is 0 Å². The molecule has 1 fully saturated rings. The number of hydrogen-bond donors (Lipinski definition) is 1. The Morgan fingerprint density at radius 1 is 0.974 bits per heavy atom. The van der Waals surface area contributed by atoms with Crippen LogP contribution in [0, 0.1) is 6.92 Å². The van der Waals surface area contributed by atoms with Gasteiger partial charge >= 0.3 is 16.1 Å². The van der Waals surface area contributed by atoms with Crippen LogP contribution in [-0.4, -0.2) is 32.9 Å². The van der Waals surface area contributed by atoms with Crippen molar-refractivity contribution in [2.24, 2.45) is 0 Å². The Kier molecular flexibility index (Phi) is 7.84. The molecule has 0 atom stereocenters. The minimum absolute atomic E-state index is 0.0456. The van der Waals surface area contributed by atoms with Crippen molar-refractivity contribution in [3.8, 4) is 11.5 Å². The van der Waals surface area contributed by atoms with E-state index in [0.717, 1.165) is 23.0 Å². The number of ether oxygens (including phenoxy) is 1. The second kappa shape index (κ2) is 11.1. The SMILES string of the molecule is CCCOc1ccc(N2C(=O)NC(=O)/C(=C/c3cc(Cl)ccc3OS(=O)(=O)c3ccc(C)cc3)C2=O)cc1. The van der Waals surface area contributed by atoms with Crippen LogP contribution in [0.3, 0.4) is 0 Å². The zero-order valence-corrected chi connectivity index (χ0v) is 22.0. The van der Waals surface area contributed by atoms with Crippen LogP contribution in [0.15, 0.2) is 77.2 Å². The third-order valence-corrected chi connectivity index (χ3v) is 6.93. The molecule has 1 N–H and O–H groups in total. The number of barbiturate groups is 1. The fraction of sp³-hybridized carbons (Fsp3) is 0.148. The summed E-state index contributed by atoms with van der Waals surface area (Å²) in [6.45, 7) is 4.29. The van der Waals surface area contributed by atoms with Crippen molar-refractivity contribution in [2.75, 3.05) is 11.5 Å². The first-order valence-corrected chi connectivity index (χ1v) is 13.3. The summed E-state index contributed by atoms with van der Waals surface area (Å²) in [6.07, 6.45) is 1.94. The lowest BCUT2D eigenvalue weighted by atomic mass is 10.1. The van der Waals surface area contributed by atoms with Gasteiger partial charge in [-0.3, -0.25) is 14.9 Å². The molecule has 3 aromatic rings. The Balaban J connectivity index is 1.68. The van der Waals surface area contributed by atoms with Gasteiger partial charge in [0, 0.05) is 10.6 Å². The standard InChI is InChI=1S/C27H23ClN2O7S/c1-3-14-36-21-9-7-20(8-10-21)30-26(32)23(25(31)29-27(30)33)16-18-15-19(28)6-13-24(18)37-38(34,35)22-11-4-17(2)5-12-22/h4-13,15-16H,3,14H2,1-2H3,(H,29,31,33)/b23-16-. The molecule has 4 amide bonds. The Labute approximate surface area is 224 Å². The van der Waals surface area contributed by atoms with Crippen LogP contribution >= 0.6 is 11.6 Å². The van der Waals surface area contributed by atoms with Gasteiger partial charge in [0.05, 0.1) is 12.3 Å². The van der Waals surface area contributed by atoms with Crippen LogP contribution in [0.25, 0.3) is 6.08 Å². The van der Waals surface area contributed by atoms with Crippen molar-refractivity contribution in [1.82, 2.24) is 5.32 Å². The van der Waals surface area contributed by atoms with Crippen molar-refractivity contribution < 1.29 is 31.7 Å². The van der Waals surface area contributed by atoms with E-state index in [0.29, 0.717) is 12.4 Å². The van der Waals surface area contributed by atoms with Gasteiger partial charge in [0.25, 0.3) is 11.8 Å². The Hall–Kier alpha value is -4.15. The lowest BCUT2D eigenvalue weighted by molar-refractivity contribution is -0.122. The van der Waals surface area contributed by atoms with Gasteiger partial charge in [0.2, 0.25) is 0 Å². The summed E-state index contributed by atoms with van der Waals surface area (Å²) in [5.74, 6) is -1.47. The topological polar surface area (TPSA) is 119 Å². The number of imide groups is 2. The largest absolute Gasteiger partial charge is 0.494 e. The van der Waals surface area contributed by atoms with Crippen molar-refractivity contribution in [3.63, 3.8) is 0 Å². The maximum absolute atomic E-state index is 13.3. The number of nitrogens with zero attached hydrogens (tertiary/aromatic N) is 1. The van der Waals surface area contributed by atoms with Crippen molar-refractivity contribution >= 4 is 51.3 Å². The number of halogens is 1. The first-order valence-electron chi connectivity index (χ1n) is 11.5. The molecule has 196 valence electrons. The molecule has 0 unspecified atom stereocenters. The fourth-order valence-corrected chi connectivity index (χ4v) is 4.67. The average molecular weight is 555 g/mol. The maximum atomic E-state index is 13.3. The van der Waals surface area contributed by atoms with Crippen LogP contribution in [0.1, 0.15) is 24.5 Å². The summed E-state index contributed by atoms with van der Waals surface area (Å²) in [4.78, 5) is 39.2. The first kappa shape index (κ1) is 26.9. The van der Waals surface area contributed by atoms with Crippen LogP contribution in [-0.2, 0) is 19.7 Å². The van der Waals surface area contributed by atoms with Gasteiger partial charge in [-0.2, -0.15) is 8.42 Å². The molecule has 1 aliphatic rings. The number of anilines is 1. The highest BCUT2D eigenvalue weighted by Gasteiger charge is 2.37. The highest BCUT2D eigenvalue weighted by Crippen LogP contribution is 2.30. The number of benzene rings is 3. The smallest absolute Gasteiger partial charge is 0.339 e.